The van der Waals surface area contributed by atoms with Crippen molar-refractivity contribution in [3.05, 3.63) is 58.1 Å². The number of halogens is 1. The van der Waals surface area contributed by atoms with Crippen molar-refractivity contribution in [2.45, 2.75) is 25.8 Å². The van der Waals surface area contributed by atoms with E-state index >= 15 is 0 Å². The van der Waals surface area contributed by atoms with Crippen molar-refractivity contribution >= 4 is 34.8 Å². The Hall–Kier alpha value is -2.61. The Morgan fingerprint density at radius 1 is 1.03 bits per heavy atom. The Morgan fingerprint density at radius 2 is 1.79 bits per heavy atom. The van der Waals surface area contributed by atoms with E-state index in [0.29, 0.717) is 17.3 Å². The third-order valence-electron chi connectivity index (χ3n) is 7.00. The fourth-order valence-corrected chi connectivity index (χ4v) is 4.97. The van der Waals surface area contributed by atoms with Crippen LogP contribution >= 0.6 is 11.6 Å². The molecule has 0 radical (unpaired) electrons. The highest BCUT2D eigenvalue weighted by Crippen LogP contribution is 2.31. The summed E-state index contributed by atoms with van der Waals surface area (Å²) in [6.07, 6.45) is 2.21. The molecule has 1 saturated heterocycles. The molecule has 2 aromatic rings. The molecule has 34 heavy (non-hydrogen) atoms. The molecule has 0 aromatic heterocycles. The van der Waals surface area contributed by atoms with Gasteiger partial charge in [0.25, 0.3) is 0 Å². The molecule has 1 fully saturated rings. The minimum atomic E-state index is -0.686. The molecule has 8 heteroatoms. The van der Waals surface area contributed by atoms with Crippen molar-refractivity contribution in [3.8, 4) is 0 Å². The molecule has 0 saturated carbocycles. The summed E-state index contributed by atoms with van der Waals surface area (Å²) in [6.45, 7) is 7.06. The summed E-state index contributed by atoms with van der Waals surface area (Å²) < 4.78 is 0. The molecule has 2 N–H and O–H groups in total. The van der Waals surface area contributed by atoms with Gasteiger partial charge in [-0.15, -0.1) is 0 Å². The van der Waals surface area contributed by atoms with E-state index < -0.39 is 11.8 Å². The van der Waals surface area contributed by atoms with Crippen LogP contribution in [0.25, 0.3) is 0 Å². The molecule has 182 valence electrons. The maximum Gasteiger partial charge on any atom is 0.313 e. The largest absolute Gasteiger partial charge is 0.374 e. The van der Waals surface area contributed by atoms with Gasteiger partial charge in [-0.2, -0.15) is 0 Å². The molecule has 0 bridgehead atoms. The molecule has 4 rings (SSSR count). The third-order valence-corrected chi connectivity index (χ3v) is 7.41. The molecule has 2 amide bonds. The van der Waals surface area contributed by atoms with Crippen LogP contribution in [0, 0.1) is 6.92 Å². The van der Waals surface area contributed by atoms with Gasteiger partial charge in [-0.25, -0.2) is 0 Å². The second-order valence-corrected chi connectivity index (χ2v) is 9.75. The molecule has 2 aromatic carbocycles. The van der Waals surface area contributed by atoms with Crippen LogP contribution in [0.3, 0.4) is 0 Å². The minimum Gasteiger partial charge on any atom is -0.374 e. The van der Waals surface area contributed by atoms with Crippen LogP contribution in [0.2, 0.25) is 5.02 Å². The Morgan fingerprint density at radius 3 is 2.56 bits per heavy atom. The van der Waals surface area contributed by atoms with Crippen LogP contribution in [-0.2, 0) is 16.0 Å². The number of aryl methyl sites for hydroxylation is 1. The molecule has 2 aliphatic heterocycles. The van der Waals surface area contributed by atoms with Gasteiger partial charge in [-0.3, -0.25) is 14.5 Å². The van der Waals surface area contributed by atoms with Crippen molar-refractivity contribution < 1.29 is 9.59 Å². The van der Waals surface area contributed by atoms with Crippen molar-refractivity contribution in [3.63, 3.8) is 0 Å². The summed E-state index contributed by atoms with van der Waals surface area (Å²) >= 11 is 6.14. The number of nitrogens with one attached hydrogen (secondary N) is 2. The summed E-state index contributed by atoms with van der Waals surface area (Å²) in [5.74, 6) is -1.33. The lowest BCUT2D eigenvalue weighted by Crippen LogP contribution is -2.49. The molecular formula is C26H34ClN5O2. The Balaban J connectivity index is 1.48. The zero-order valence-corrected chi connectivity index (χ0v) is 21.0. The van der Waals surface area contributed by atoms with Gasteiger partial charge in [0.1, 0.15) is 0 Å². The zero-order valence-electron chi connectivity index (χ0n) is 20.2. The number of carbonyl (C=O) groups excluding carboxylic acids is 2. The van der Waals surface area contributed by atoms with Gasteiger partial charge in [-0.1, -0.05) is 29.8 Å². The van der Waals surface area contributed by atoms with Crippen LogP contribution in [0.4, 0.5) is 11.4 Å². The standard InChI is InChI=1S/C26H34ClN5O2/c1-18-21(27)7-4-8-22(18)29-26(34)25(33)28-17-24(32-14-12-30(2)13-15-32)20-9-10-23-19(16-20)6-5-11-31(23)3/h4,7-10,16,24H,5-6,11-15,17H2,1-3H3,(H,28,33)(H,29,34)/t24-/m0/s1. The second kappa shape index (κ2) is 10.8. The average molecular weight is 484 g/mol. The van der Waals surface area contributed by atoms with E-state index in [0.717, 1.165) is 51.1 Å². The van der Waals surface area contributed by atoms with E-state index in [1.165, 1.54) is 16.8 Å². The molecular weight excluding hydrogens is 450 g/mol. The van der Waals surface area contributed by atoms with E-state index in [-0.39, 0.29) is 6.04 Å². The number of carbonyl (C=O) groups is 2. The number of rotatable bonds is 5. The number of fused-ring (bicyclic) bond motifs is 1. The Kier molecular flexibility index (Phi) is 7.76. The molecule has 2 heterocycles. The van der Waals surface area contributed by atoms with Gasteiger partial charge < -0.3 is 20.4 Å². The highest BCUT2D eigenvalue weighted by atomic mass is 35.5. The smallest absolute Gasteiger partial charge is 0.313 e. The van der Waals surface area contributed by atoms with Crippen molar-refractivity contribution in [1.29, 1.82) is 0 Å². The van der Waals surface area contributed by atoms with E-state index in [9.17, 15) is 9.59 Å². The summed E-state index contributed by atoms with van der Waals surface area (Å²) in [5, 5.41) is 6.11. The Labute approximate surface area is 207 Å². The molecule has 7 nitrogen and oxygen atoms in total. The number of amides is 2. The lowest BCUT2D eigenvalue weighted by Gasteiger charge is -2.39. The van der Waals surface area contributed by atoms with Crippen LogP contribution in [0.15, 0.2) is 36.4 Å². The zero-order chi connectivity index (χ0) is 24.2. The summed E-state index contributed by atoms with van der Waals surface area (Å²) in [6, 6.07) is 11.9. The molecule has 0 aliphatic carbocycles. The van der Waals surface area contributed by atoms with E-state index in [1.807, 2.05) is 6.92 Å². The number of nitrogens with zero attached hydrogens (tertiary/aromatic N) is 3. The highest BCUT2D eigenvalue weighted by molar-refractivity contribution is 6.40. The van der Waals surface area contributed by atoms with Crippen LogP contribution in [0.1, 0.15) is 29.2 Å². The van der Waals surface area contributed by atoms with Crippen LogP contribution in [-0.4, -0.2) is 75.0 Å². The number of anilines is 2. The first-order chi connectivity index (χ1) is 16.3. The minimum absolute atomic E-state index is 0.0101. The van der Waals surface area contributed by atoms with Gasteiger partial charge in [-0.05, 0) is 61.7 Å². The third kappa shape index (κ3) is 5.54. The second-order valence-electron chi connectivity index (χ2n) is 9.34. The van der Waals surface area contributed by atoms with Crippen LogP contribution < -0.4 is 15.5 Å². The molecule has 2 aliphatic rings. The quantitative estimate of drug-likeness (QED) is 0.640. The number of piperazine rings is 1. The fourth-order valence-electron chi connectivity index (χ4n) is 4.80. The monoisotopic (exact) mass is 483 g/mol. The first kappa shape index (κ1) is 24.5. The number of hydrogen-bond acceptors (Lipinski definition) is 5. The number of hydrogen-bond donors (Lipinski definition) is 2. The van der Waals surface area contributed by atoms with Crippen LogP contribution in [0.5, 0.6) is 0 Å². The molecule has 0 unspecified atom stereocenters. The van der Waals surface area contributed by atoms with E-state index in [2.05, 4.69) is 57.6 Å². The molecule has 1 atom stereocenters. The van der Waals surface area contributed by atoms with E-state index in [1.54, 1.807) is 18.2 Å². The SMILES string of the molecule is Cc1c(Cl)cccc1NC(=O)C(=O)NC[C@@H](c1ccc2c(c1)CCCN2C)N1CCN(C)CC1. The number of likely N-dealkylation sites (N-methyl/N-ethyl adjacent to an activating group) is 1. The maximum atomic E-state index is 12.7. The summed E-state index contributed by atoms with van der Waals surface area (Å²) in [5.41, 5.74) is 5.10. The van der Waals surface area contributed by atoms with Gasteiger partial charge >= 0.3 is 11.8 Å². The summed E-state index contributed by atoms with van der Waals surface area (Å²) in [4.78, 5) is 32.3. The first-order valence-electron chi connectivity index (χ1n) is 11.9. The normalized spacial score (nSPS) is 17.7. The average Bonchev–Trinajstić information content (AvgIpc) is 2.83. The van der Waals surface area contributed by atoms with Gasteiger partial charge in [0, 0.05) is 62.7 Å². The highest BCUT2D eigenvalue weighted by Gasteiger charge is 2.27. The van der Waals surface area contributed by atoms with Crippen molar-refractivity contribution in [1.82, 2.24) is 15.1 Å². The fraction of sp³-hybridized carbons (Fsp3) is 0.462. The van der Waals surface area contributed by atoms with Gasteiger partial charge in [0.2, 0.25) is 0 Å². The maximum absolute atomic E-state index is 12.7. The van der Waals surface area contributed by atoms with E-state index in [4.69, 9.17) is 11.6 Å². The number of benzene rings is 2. The summed E-state index contributed by atoms with van der Waals surface area (Å²) in [7, 11) is 4.26. The Bertz CT molecular complexity index is 1050. The predicted octanol–water partition coefficient (Wildman–Crippen LogP) is 3.07. The predicted molar refractivity (Wildman–Crippen MR) is 138 cm³/mol. The van der Waals surface area contributed by atoms with Crippen molar-refractivity contribution in [2.24, 2.45) is 0 Å². The van der Waals surface area contributed by atoms with Gasteiger partial charge in [0.05, 0.1) is 6.04 Å². The van der Waals surface area contributed by atoms with Gasteiger partial charge in [0.15, 0.2) is 0 Å². The topological polar surface area (TPSA) is 67.9 Å². The van der Waals surface area contributed by atoms with Crippen molar-refractivity contribution in [2.75, 3.05) is 63.6 Å². The first-order valence-corrected chi connectivity index (χ1v) is 12.3. The molecule has 0 spiro atoms. The lowest BCUT2D eigenvalue weighted by molar-refractivity contribution is -0.136. The lowest BCUT2D eigenvalue weighted by atomic mass is 9.95.